The maximum absolute atomic E-state index is 11.0. The molecule has 0 aliphatic heterocycles. The van der Waals surface area contributed by atoms with E-state index in [1.807, 2.05) is 0 Å². The highest BCUT2D eigenvalue weighted by Crippen LogP contribution is 2.46. The summed E-state index contributed by atoms with van der Waals surface area (Å²) in [5, 5.41) is 12.5. The molecule has 18 heavy (non-hydrogen) atoms. The summed E-state index contributed by atoms with van der Waals surface area (Å²) in [6.45, 7) is 0. The van der Waals surface area contributed by atoms with Crippen LogP contribution in [0.4, 0.5) is 5.69 Å². The lowest BCUT2D eigenvalue weighted by atomic mass is 9.95. The highest BCUT2D eigenvalue weighted by Gasteiger charge is 2.39. The average Bonchev–Trinajstić information content (AvgIpc) is 2.93. The molecule has 2 fully saturated rings. The Morgan fingerprint density at radius 2 is 2.17 bits per heavy atom. The van der Waals surface area contributed by atoms with Crippen molar-refractivity contribution >= 4 is 27.6 Å². The molecule has 2 aliphatic carbocycles. The van der Waals surface area contributed by atoms with E-state index < -0.39 is 5.97 Å². The van der Waals surface area contributed by atoms with Crippen molar-refractivity contribution in [3.63, 3.8) is 0 Å². The Hall–Kier alpha value is -1.03. The first-order valence-electron chi connectivity index (χ1n) is 6.43. The molecule has 96 valence electrons. The van der Waals surface area contributed by atoms with Gasteiger partial charge in [-0.05, 0) is 65.2 Å². The van der Waals surface area contributed by atoms with Crippen LogP contribution in [0.1, 0.15) is 36.0 Å². The Morgan fingerprint density at radius 3 is 2.78 bits per heavy atom. The molecule has 0 radical (unpaired) electrons. The van der Waals surface area contributed by atoms with Gasteiger partial charge in [-0.3, -0.25) is 0 Å². The number of rotatable bonds is 3. The van der Waals surface area contributed by atoms with E-state index in [4.69, 9.17) is 5.11 Å². The zero-order chi connectivity index (χ0) is 12.7. The number of halogens is 1. The Bertz CT molecular complexity index is 489. The molecule has 3 rings (SSSR count). The molecule has 2 N–H and O–H groups in total. The van der Waals surface area contributed by atoms with Crippen LogP contribution in [-0.4, -0.2) is 17.1 Å². The number of anilines is 1. The summed E-state index contributed by atoms with van der Waals surface area (Å²) >= 11 is 3.48. The van der Waals surface area contributed by atoms with Crippen molar-refractivity contribution in [3.05, 3.63) is 28.2 Å². The number of fused-ring (bicyclic) bond motifs is 2. The molecule has 0 aromatic heterocycles. The second-order valence-corrected chi connectivity index (χ2v) is 6.28. The Labute approximate surface area is 115 Å². The quantitative estimate of drug-likeness (QED) is 0.894. The first-order valence-corrected chi connectivity index (χ1v) is 7.22. The van der Waals surface area contributed by atoms with Gasteiger partial charge in [-0.1, -0.05) is 6.42 Å². The lowest BCUT2D eigenvalue weighted by Gasteiger charge is -2.24. The second-order valence-electron chi connectivity index (χ2n) is 5.43. The van der Waals surface area contributed by atoms with Crippen LogP contribution in [0.25, 0.3) is 0 Å². The van der Waals surface area contributed by atoms with Gasteiger partial charge in [0.25, 0.3) is 0 Å². The average molecular weight is 310 g/mol. The fraction of sp³-hybridized carbons (Fsp3) is 0.500. The van der Waals surface area contributed by atoms with Crippen LogP contribution in [0.5, 0.6) is 0 Å². The van der Waals surface area contributed by atoms with Crippen molar-refractivity contribution in [2.45, 2.75) is 31.7 Å². The minimum atomic E-state index is -0.876. The van der Waals surface area contributed by atoms with Crippen LogP contribution < -0.4 is 5.32 Å². The number of carboxylic acid groups (broad SMARTS) is 1. The van der Waals surface area contributed by atoms with Crippen LogP contribution in [0, 0.1) is 11.8 Å². The second kappa shape index (κ2) is 4.57. The number of hydrogen-bond acceptors (Lipinski definition) is 2. The number of benzene rings is 1. The van der Waals surface area contributed by atoms with Gasteiger partial charge in [0.2, 0.25) is 0 Å². The van der Waals surface area contributed by atoms with E-state index in [1.54, 1.807) is 18.2 Å². The van der Waals surface area contributed by atoms with Crippen molar-refractivity contribution in [2.24, 2.45) is 11.8 Å². The number of nitrogens with one attached hydrogen (secondary N) is 1. The summed E-state index contributed by atoms with van der Waals surface area (Å²) < 4.78 is 0.940. The number of carbonyl (C=O) groups is 1. The van der Waals surface area contributed by atoms with E-state index in [9.17, 15) is 4.79 Å². The fourth-order valence-corrected chi connectivity index (χ4v) is 3.75. The highest BCUT2D eigenvalue weighted by atomic mass is 79.9. The molecule has 0 saturated heterocycles. The Balaban J connectivity index is 1.79. The molecule has 1 aromatic carbocycles. The van der Waals surface area contributed by atoms with Gasteiger partial charge in [0.15, 0.2) is 0 Å². The summed E-state index contributed by atoms with van der Waals surface area (Å²) in [5.74, 6) is 0.780. The molecule has 2 bridgehead atoms. The standard InChI is InChI=1S/C14H16BrNO2/c15-11-4-3-10(14(17)18)7-13(11)16-12-6-8-1-2-9(12)5-8/h3-4,7-9,12,16H,1-2,5-6H2,(H,17,18). The molecule has 0 heterocycles. The monoisotopic (exact) mass is 309 g/mol. The van der Waals surface area contributed by atoms with Crippen molar-refractivity contribution in [2.75, 3.05) is 5.32 Å². The van der Waals surface area contributed by atoms with Gasteiger partial charge in [0.05, 0.1) is 5.56 Å². The topological polar surface area (TPSA) is 49.3 Å². The number of carboxylic acids is 1. The maximum atomic E-state index is 11.0. The van der Waals surface area contributed by atoms with Gasteiger partial charge >= 0.3 is 5.97 Å². The minimum absolute atomic E-state index is 0.337. The van der Waals surface area contributed by atoms with Gasteiger partial charge in [0, 0.05) is 16.2 Å². The lowest BCUT2D eigenvalue weighted by molar-refractivity contribution is 0.0697. The first-order chi connectivity index (χ1) is 8.63. The first kappa shape index (κ1) is 12.0. The third-order valence-electron chi connectivity index (χ3n) is 4.29. The molecule has 0 spiro atoms. The van der Waals surface area contributed by atoms with Gasteiger partial charge in [-0.25, -0.2) is 4.79 Å². The summed E-state index contributed by atoms with van der Waals surface area (Å²) in [6.07, 6.45) is 5.26. The van der Waals surface area contributed by atoms with Gasteiger partial charge in [-0.15, -0.1) is 0 Å². The molecule has 2 aliphatic rings. The van der Waals surface area contributed by atoms with Crippen LogP contribution in [0.3, 0.4) is 0 Å². The normalized spacial score (nSPS) is 29.5. The predicted octanol–water partition coefficient (Wildman–Crippen LogP) is 3.75. The molecule has 1 aromatic rings. The van der Waals surface area contributed by atoms with Gasteiger partial charge in [0.1, 0.15) is 0 Å². The summed E-state index contributed by atoms with van der Waals surface area (Å²) in [4.78, 5) is 11.0. The molecule has 3 unspecified atom stereocenters. The van der Waals surface area contributed by atoms with Crippen LogP contribution >= 0.6 is 15.9 Å². The fourth-order valence-electron chi connectivity index (χ4n) is 3.39. The van der Waals surface area contributed by atoms with Gasteiger partial charge in [-0.2, -0.15) is 0 Å². The molecular weight excluding hydrogens is 294 g/mol. The van der Waals surface area contributed by atoms with E-state index >= 15 is 0 Å². The van der Waals surface area contributed by atoms with Crippen LogP contribution in [-0.2, 0) is 0 Å². The van der Waals surface area contributed by atoms with E-state index in [1.165, 1.54) is 25.7 Å². The third kappa shape index (κ3) is 2.14. The largest absolute Gasteiger partial charge is 0.478 e. The smallest absolute Gasteiger partial charge is 0.335 e. The van der Waals surface area contributed by atoms with Crippen molar-refractivity contribution in [3.8, 4) is 0 Å². The van der Waals surface area contributed by atoms with E-state index in [-0.39, 0.29) is 0 Å². The number of aromatic carboxylic acids is 1. The zero-order valence-electron chi connectivity index (χ0n) is 10.0. The minimum Gasteiger partial charge on any atom is -0.478 e. The Morgan fingerprint density at radius 1 is 1.33 bits per heavy atom. The molecule has 0 amide bonds. The predicted molar refractivity (Wildman–Crippen MR) is 74.0 cm³/mol. The van der Waals surface area contributed by atoms with E-state index in [2.05, 4.69) is 21.2 Å². The molecular formula is C14H16BrNO2. The van der Waals surface area contributed by atoms with Crippen molar-refractivity contribution in [1.82, 2.24) is 0 Å². The van der Waals surface area contributed by atoms with Crippen LogP contribution in [0.2, 0.25) is 0 Å². The SMILES string of the molecule is O=C(O)c1ccc(Br)c(NC2CC3CCC2C3)c1. The molecule has 2 saturated carbocycles. The van der Waals surface area contributed by atoms with Crippen LogP contribution in [0.15, 0.2) is 22.7 Å². The van der Waals surface area contributed by atoms with E-state index in [0.29, 0.717) is 11.6 Å². The maximum Gasteiger partial charge on any atom is 0.335 e. The highest BCUT2D eigenvalue weighted by molar-refractivity contribution is 9.10. The summed E-state index contributed by atoms with van der Waals surface area (Å²) in [6, 6.07) is 5.67. The molecule has 4 heteroatoms. The summed E-state index contributed by atoms with van der Waals surface area (Å²) in [5.41, 5.74) is 1.25. The molecule has 3 atom stereocenters. The third-order valence-corrected chi connectivity index (χ3v) is 4.98. The zero-order valence-corrected chi connectivity index (χ0v) is 11.6. The number of hydrogen-bond donors (Lipinski definition) is 2. The summed E-state index contributed by atoms with van der Waals surface area (Å²) in [7, 11) is 0. The Kier molecular flexibility index (Phi) is 3.06. The van der Waals surface area contributed by atoms with Crippen molar-refractivity contribution in [1.29, 1.82) is 0 Å². The van der Waals surface area contributed by atoms with Gasteiger partial charge < -0.3 is 10.4 Å². The molecule has 3 nitrogen and oxygen atoms in total. The van der Waals surface area contributed by atoms with Crippen molar-refractivity contribution < 1.29 is 9.90 Å². The van der Waals surface area contributed by atoms with E-state index in [0.717, 1.165) is 22.0 Å². The lowest BCUT2D eigenvalue weighted by Crippen LogP contribution is -2.26.